The smallest absolute Gasteiger partial charge is 0.300 e. The molecule has 1 atom stereocenters. The van der Waals surface area contributed by atoms with E-state index in [9.17, 15) is 23.5 Å². The molecule has 1 saturated heterocycles. The Morgan fingerprint density at radius 3 is 2.37 bits per heavy atom. The predicted octanol–water partition coefficient (Wildman–Crippen LogP) is 5.39. The van der Waals surface area contributed by atoms with Gasteiger partial charge >= 0.3 is 0 Å². The Labute approximate surface area is 201 Å². The van der Waals surface area contributed by atoms with Crippen LogP contribution in [0.3, 0.4) is 0 Å². The maximum absolute atomic E-state index is 15.0. The molecule has 3 aromatic carbocycles. The second-order valence-corrected chi connectivity index (χ2v) is 7.69. The molecule has 8 heteroatoms. The van der Waals surface area contributed by atoms with Gasteiger partial charge in [0.1, 0.15) is 28.9 Å². The van der Waals surface area contributed by atoms with Crippen LogP contribution in [0, 0.1) is 11.6 Å². The molecule has 35 heavy (non-hydrogen) atoms. The third-order valence-electron chi connectivity index (χ3n) is 5.55. The average molecular weight is 479 g/mol. The van der Waals surface area contributed by atoms with Crippen LogP contribution in [0.5, 0.6) is 11.5 Å². The molecule has 6 nitrogen and oxygen atoms in total. The minimum absolute atomic E-state index is 0.0265. The largest absolute Gasteiger partial charge is 0.507 e. The van der Waals surface area contributed by atoms with Gasteiger partial charge in [-0.15, -0.1) is 0 Å². The van der Waals surface area contributed by atoms with Crippen molar-refractivity contribution in [3.8, 4) is 11.5 Å². The summed E-state index contributed by atoms with van der Waals surface area (Å²) >= 11 is 0. The Balaban J connectivity index is 1.97. The average Bonchev–Trinajstić information content (AvgIpc) is 3.10. The number of nitrogens with zero attached hydrogens (tertiary/aromatic N) is 1. The van der Waals surface area contributed by atoms with Gasteiger partial charge in [-0.25, -0.2) is 8.78 Å². The summed E-state index contributed by atoms with van der Waals surface area (Å²) in [6.45, 7) is 4.23. The number of amides is 1. The number of halogens is 2. The number of benzene rings is 3. The van der Waals surface area contributed by atoms with Gasteiger partial charge in [-0.2, -0.15) is 0 Å². The van der Waals surface area contributed by atoms with Gasteiger partial charge < -0.3 is 14.6 Å². The van der Waals surface area contributed by atoms with Crippen molar-refractivity contribution in [3.05, 3.63) is 95.1 Å². The first kappa shape index (κ1) is 23.9. The van der Waals surface area contributed by atoms with E-state index in [1.165, 1.54) is 42.5 Å². The summed E-state index contributed by atoms with van der Waals surface area (Å²) in [6, 6.07) is 14.0. The number of aliphatic hydroxyl groups is 1. The number of hydrogen-bond acceptors (Lipinski definition) is 5. The monoisotopic (exact) mass is 479 g/mol. The fourth-order valence-electron chi connectivity index (χ4n) is 4.09. The molecule has 1 unspecified atom stereocenters. The number of hydrogen-bond donors (Lipinski definition) is 1. The fraction of sp³-hybridized carbons (Fsp3) is 0.185. The maximum atomic E-state index is 15.0. The van der Waals surface area contributed by atoms with Crippen molar-refractivity contribution < 1.29 is 33.0 Å². The van der Waals surface area contributed by atoms with Gasteiger partial charge in [-0.1, -0.05) is 24.3 Å². The Bertz CT molecular complexity index is 1320. The van der Waals surface area contributed by atoms with Crippen molar-refractivity contribution in [2.24, 2.45) is 0 Å². The van der Waals surface area contributed by atoms with Crippen LogP contribution in [0.1, 0.15) is 31.0 Å². The lowest BCUT2D eigenvalue weighted by Crippen LogP contribution is -2.30. The lowest BCUT2D eigenvalue weighted by atomic mass is 9.94. The minimum atomic E-state index is -1.33. The quantitative estimate of drug-likeness (QED) is 0.279. The fourth-order valence-corrected chi connectivity index (χ4v) is 4.09. The van der Waals surface area contributed by atoms with Crippen LogP contribution in [0.2, 0.25) is 0 Å². The first-order chi connectivity index (χ1) is 16.9. The number of ketones is 1. The molecule has 4 rings (SSSR count). The van der Waals surface area contributed by atoms with E-state index in [2.05, 4.69) is 0 Å². The lowest BCUT2D eigenvalue weighted by molar-refractivity contribution is -0.132. The Kier molecular flexibility index (Phi) is 6.82. The number of carbonyl (C=O) groups is 2. The van der Waals surface area contributed by atoms with E-state index in [0.717, 1.165) is 11.0 Å². The first-order valence-electron chi connectivity index (χ1n) is 11.1. The molecule has 180 valence electrons. The van der Waals surface area contributed by atoms with E-state index in [1.54, 1.807) is 25.1 Å². The summed E-state index contributed by atoms with van der Waals surface area (Å²) in [5.41, 5.74) is -0.180. The SMILES string of the molecule is CCOc1ccc(/C(O)=C2\C(=O)C(=O)N(c3cccc(F)c3)C2c2ccccc2F)c(OCC)c1. The zero-order valence-corrected chi connectivity index (χ0v) is 19.1. The van der Waals surface area contributed by atoms with Crippen LogP contribution in [0.4, 0.5) is 14.5 Å². The van der Waals surface area contributed by atoms with Gasteiger partial charge in [0, 0.05) is 17.3 Å². The molecule has 1 amide bonds. The molecular weight excluding hydrogens is 456 g/mol. The van der Waals surface area contributed by atoms with Gasteiger partial charge in [-0.3, -0.25) is 14.5 Å². The van der Waals surface area contributed by atoms with E-state index in [0.29, 0.717) is 12.4 Å². The van der Waals surface area contributed by atoms with Crippen LogP contribution in [-0.2, 0) is 9.59 Å². The molecule has 1 N–H and O–H groups in total. The summed E-state index contributed by atoms with van der Waals surface area (Å²) in [5, 5.41) is 11.3. The van der Waals surface area contributed by atoms with Gasteiger partial charge in [-0.05, 0) is 50.2 Å². The number of anilines is 1. The van der Waals surface area contributed by atoms with Crippen molar-refractivity contribution in [3.63, 3.8) is 0 Å². The van der Waals surface area contributed by atoms with E-state index < -0.39 is 35.1 Å². The molecule has 0 saturated carbocycles. The maximum Gasteiger partial charge on any atom is 0.300 e. The van der Waals surface area contributed by atoms with Crippen molar-refractivity contribution in [1.29, 1.82) is 0 Å². The molecule has 3 aromatic rings. The van der Waals surface area contributed by atoms with Crippen LogP contribution < -0.4 is 14.4 Å². The third-order valence-corrected chi connectivity index (χ3v) is 5.55. The predicted molar refractivity (Wildman–Crippen MR) is 126 cm³/mol. The highest BCUT2D eigenvalue weighted by Gasteiger charge is 2.48. The van der Waals surface area contributed by atoms with Crippen molar-refractivity contribution in [2.45, 2.75) is 19.9 Å². The molecule has 0 spiro atoms. The van der Waals surface area contributed by atoms with Gasteiger partial charge in [0.05, 0.1) is 30.4 Å². The lowest BCUT2D eigenvalue weighted by Gasteiger charge is -2.26. The number of Topliss-reactive ketones (excluding diaryl/α,β-unsaturated/α-hetero) is 1. The summed E-state index contributed by atoms with van der Waals surface area (Å²) in [4.78, 5) is 27.4. The summed E-state index contributed by atoms with van der Waals surface area (Å²) in [7, 11) is 0. The van der Waals surface area contributed by atoms with E-state index in [-0.39, 0.29) is 34.7 Å². The van der Waals surface area contributed by atoms with Crippen molar-refractivity contribution in [2.75, 3.05) is 18.1 Å². The molecule has 1 aliphatic heterocycles. The van der Waals surface area contributed by atoms with Crippen molar-refractivity contribution >= 4 is 23.1 Å². The second kappa shape index (κ2) is 9.97. The van der Waals surface area contributed by atoms with E-state index in [1.807, 2.05) is 6.92 Å². The zero-order valence-electron chi connectivity index (χ0n) is 19.1. The number of rotatable bonds is 7. The highest BCUT2D eigenvalue weighted by atomic mass is 19.1. The normalized spacial score (nSPS) is 17.0. The van der Waals surface area contributed by atoms with Crippen molar-refractivity contribution in [1.82, 2.24) is 0 Å². The number of carbonyl (C=O) groups excluding carboxylic acids is 2. The van der Waals surface area contributed by atoms with Gasteiger partial charge in [0.15, 0.2) is 0 Å². The highest BCUT2D eigenvalue weighted by Crippen LogP contribution is 2.44. The number of ether oxygens (including phenoxy) is 2. The summed E-state index contributed by atoms with van der Waals surface area (Å²) in [6.07, 6.45) is 0. The second-order valence-electron chi connectivity index (χ2n) is 7.69. The molecule has 1 fully saturated rings. The standard InChI is InChI=1S/C27H23F2NO5/c1-3-34-18-12-13-20(22(15-18)35-4-2)25(31)23-24(19-10-5-6-11-21(19)29)30(27(33)26(23)32)17-9-7-8-16(28)14-17/h5-15,24,31H,3-4H2,1-2H3/b25-23+. The third kappa shape index (κ3) is 4.47. The van der Waals surface area contributed by atoms with Crippen LogP contribution in [-0.4, -0.2) is 30.0 Å². The van der Waals surface area contributed by atoms with Gasteiger partial charge in [0.25, 0.3) is 11.7 Å². The molecule has 0 radical (unpaired) electrons. The molecule has 1 heterocycles. The molecule has 1 aliphatic rings. The van der Waals surface area contributed by atoms with E-state index in [4.69, 9.17) is 9.47 Å². The van der Waals surface area contributed by atoms with E-state index >= 15 is 0 Å². The van der Waals surface area contributed by atoms with Gasteiger partial charge in [0.2, 0.25) is 0 Å². The summed E-state index contributed by atoms with van der Waals surface area (Å²) in [5.74, 6) is -3.21. The first-order valence-corrected chi connectivity index (χ1v) is 11.1. The topological polar surface area (TPSA) is 76.1 Å². The van der Waals surface area contributed by atoms with Crippen LogP contribution in [0.25, 0.3) is 5.76 Å². The highest BCUT2D eigenvalue weighted by molar-refractivity contribution is 6.51. The Morgan fingerprint density at radius 2 is 1.69 bits per heavy atom. The molecule has 0 bridgehead atoms. The van der Waals surface area contributed by atoms with Crippen LogP contribution in [0.15, 0.2) is 72.3 Å². The van der Waals surface area contributed by atoms with Crippen LogP contribution >= 0.6 is 0 Å². The molecule has 0 aliphatic carbocycles. The number of aliphatic hydroxyl groups excluding tert-OH is 1. The molecular formula is C27H23F2NO5. The zero-order chi connectivity index (χ0) is 25.1. The molecule has 0 aromatic heterocycles. The summed E-state index contributed by atoms with van der Waals surface area (Å²) < 4.78 is 40.1. The Morgan fingerprint density at radius 1 is 0.943 bits per heavy atom. The Hall–Kier alpha value is -4.20. The minimum Gasteiger partial charge on any atom is -0.507 e.